The molecule has 0 aliphatic rings. The summed E-state index contributed by atoms with van der Waals surface area (Å²) in [6.07, 6.45) is 0.955. The van der Waals surface area contributed by atoms with E-state index in [9.17, 15) is 9.59 Å². The van der Waals surface area contributed by atoms with E-state index in [-0.39, 0.29) is 11.7 Å². The molecule has 0 aliphatic carbocycles. The smallest absolute Gasteiger partial charge is 0.408 e. The summed E-state index contributed by atoms with van der Waals surface area (Å²) in [6.45, 7) is 3.00. The van der Waals surface area contributed by atoms with Crippen molar-refractivity contribution in [2.45, 2.75) is 32.9 Å². The Balaban J connectivity index is 1.52. The lowest BCUT2D eigenvalue weighted by atomic mass is 10.2. The zero-order valence-electron chi connectivity index (χ0n) is 13.9. The molecule has 24 heavy (non-hydrogen) atoms. The number of oxazole rings is 1. The van der Waals surface area contributed by atoms with Crippen LogP contribution in [0, 0.1) is 6.92 Å². The summed E-state index contributed by atoms with van der Waals surface area (Å²) in [5, 5.41) is 2.91. The summed E-state index contributed by atoms with van der Waals surface area (Å²) in [5.74, 6) is -0.398. The van der Waals surface area contributed by atoms with Crippen LogP contribution in [0.4, 0.5) is 0 Å². The normalized spacial score (nSPS) is 11.1. The topological polar surface area (TPSA) is 69.2 Å². The first-order valence-electron chi connectivity index (χ1n) is 8.02. The van der Waals surface area contributed by atoms with Crippen molar-refractivity contribution in [3.8, 4) is 0 Å². The van der Waals surface area contributed by atoms with E-state index >= 15 is 0 Å². The third kappa shape index (κ3) is 3.27. The molecular formula is C18H21N3O3. The minimum absolute atomic E-state index is 0.0188. The van der Waals surface area contributed by atoms with Gasteiger partial charge in [0.2, 0.25) is 5.91 Å². The lowest BCUT2D eigenvalue weighted by Gasteiger charge is -2.08. The van der Waals surface area contributed by atoms with Crippen molar-refractivity contribution in [3.63, 3.8) is 0 Å². The number of carbonyl (C=O) groups excluding carboxylic acids is 1. The number of para-hydroxylation sites is 2. The lowest BCUT2D eigenvalue weighted by Crippen LogP contribution is -2.24. The average molecular weight is 327 g/mol. The molecule has 1 N–H and O–H groups in total. The molecule has 0 atom stereocenters. The molecule has 0 saturated heterocycles. The van der Waals surface area contributed by atoms with Crippen molar-refractivity contribution in [1.29, 1.82) is 0 Å². The maximum atomic E-state index is 12.0. The van der Waals surface area contributed by atoms with Crippen LogP contribution in [0.3, 0.4) is 0 Å². The minimum atomic E-state index is -0.379. The number of hydrogen-bond donors (Lipinski definition) is 1. The average Bonchev–Trinajstić information content (AvgIpc) is 3.06. The van der Waals surface area contributed by atoms with Crippen LogP contribution in [-0.2, 0) is 24.9 Å². The molecule has 0 unspecified atom stereocenters. The van der Waals surface area contributed by atoms with Crippen molar-refractivity contribution in [2.24, 2.45) is 7.05 Å². The fraction of sp³-hybridized carbons (Fsp3) is 0.333. The summed E-state index contributed by atoms with van der Waals surface area (Å²) >= 11 is 0. The number of rotatable bonds is 6. The first-order valence-corrected chi connectivity index (χ1v) is 8.02. The molecule has 0 spiro atoms. The molecule has 1 aromatic carbocycles. The molecule has 3 aromatic rings. The summed E-state index contributed by atoms with van der Waals surface area (Å²) in [4.78, 5) is 23.8. The van der Waals surface area contributed by atoms with Crippen LogP contribution in [0.5, 0.6) is 0 Å². The highest BCUT2D eigenvalue weighted by Gasteiger charge is 2.09. The van der Waals surface area contributed by atoms with Crippen molar-refractivity contribution < 1.29 is 9.21 Å². The molecule has 6 nitrogen and oxygen atoms in total. The van der Waals surface area contributed by atoms with E-state index in [4.69, 9.17) is 4.42 Å². The van der Waals surface area contributed by atoms with Crippen LogP contribution in [-0.4, -0.2) is 15.0 Å². The van der Waals surface area contributed by atoms with E-state index in [0.717, 1.165) is 16.9 Å². The Morgan fingerprint density at radius 1 is 1.21 bits per heavy atom. The van der Waals surface area contributed by atoms with Gasteiger partial charge in [-0.1, -0.05) is 12.1 Å². The van der Waals surface area contributed by atoms with Crippen molar-refractivity contribution >= 4 is 17.0 Å². The van der Waals surface area contributed by atoms with Gasteiger partial charge >= 0.3 is 5.76 Å². The molecule has 2 heterocycles. The fourth-order valence-corrected chi connectivity index (χ4v) is 2.75. The van der Waals surface area contributed by atoms with E-state index < -0.39 is 0 Å². The molecule has 0 radical (unpaired) electrons. The number of fused-ring (bicyclic) bond motifs is 1. The highest BCUT2D eigenvalue weighted by atomic mass is 16.4. The molecule has 0 saturated carbocycles. The number of amides is 1. The van der Waals surface area contributed by atoms with Crippen LogP contribution in [0.2, 0.25) is 0 Å². The molecule has 0 bridgehead atoms. The minimum Gasteiger partial charge on any atom is -0.408 e. The van der Waals surface area contributed by atoms with Gasteiger partial charge in [0.25, 0.3) is 0 Å². The van der Waals surface area contributed by atoms with E-state index in [1.54, 1.807) is 10.6 Å². The second kappa shape index (κ2) is 6.78. The second-order valence-corrected chi connectivity index (χ2v) is 5.89. The number of benzene rings is 1. The number of carbonyl (C=O) groups is 1. The number of aromatic nitrogens is 2. The second-order valence-electron chi connectivity index (χ2n) is 5.89. The molecule has 0 aliphatic heterocycles. The highest BCUT2D eigenvalue weighted by Crippen LogP contribution is 2.12. The van der Waals surface area contributed by atoms with Gasteiger partial charge in [-0.05, 0) is 37.6 Å². The van der Waals surface area contributed by atoms with Crippen LogP contribution >= 0.6 is 0 Å². The summed E-state index contributed by atoms with van der Waals surface area (Å²) in [5.41, 5.74) is 3.57. The Labute approximate surface area is 139 Å². The van der Waals surface area contributed by atoms with Crippen molar-refractivity contribution in [2.75, 3.05) is 0 Å². The maximum Gasteiger partial charge on any atom is 0.419 e. The van der Waals surface area contributed by atoms with Crippen LogP contribution < -0.4 is 11.1 Å². The van der Waals surface area contributed by atoms with Crippen LogP contribution in [0.15, 0.2) is 45.6 Å². The molecule has 1 amide bonds. The Hall–Kier alpha value is -2.76. The Morgan fingerprint density at radius 3 is 2.75 bits per heavy atom. The van der Waals surface area contributed by atoms with Crippen LogP contribution in [0.1, 0.15) is 24.2 Å². The monoisotopic (exact) mass is 327 g/mol. The molecule has 2 aromatic heterocycles. The molecular weight excluding hydrogens is 306 g/mol. The Morgan fingerprint density at radius 2 is 2.00 bits per heavy atom. The SMILES string of the molecule is Cc1ccc(CNC(=O)CCCn2c(=O)oc3ccccc32)n1C. The molecule has 3 rings (SSSR count). The predicted octanol–water partition coefficient (Wildman–Crippen LogP) is 2.34. The fourth-order valence-electron chi connectivity index (χ4n) is 2.75. The molecule has 126 valence electrons. The summed E-state index contributed by atoms with van der Waals surface area (Å²) in [6, 6.07) is 11.3. The van der Waals surface area contributed by atoms with Gasteiger partial charge in [0, 0.05) is 31.4 Å². The molecule has 0 fully saturated rings. The van der Waals surface area contributed by atoms with Crippen LogP contribution in [0.25, 0.3) is 11.1 Å². The Kier molecular flexibility index (Phi) is 4.55. The van der Waals surface area contributed by atoms with Gasteiger partial charge in [-0.15, -0.1) is 0 Å². The van der Waals surface area contributed by atoms with Gasteiger partial charge < -0.3 is 14.3 Å². The Bertz CT molecular complexity index is 917. The van der Waals surface area contributed by atoms with E-state index in [1.807, 2.05) is 44.3 Å². The quantitative estimate of drug-likeness (QED) is 0.755. The first kappa shape index (κ1) is 16.1. The van der Waals surface area contributed by atoms with Gasteiger partial charge in [-0.3, -0.25) is 9.36 Å². The van der Waals surface area contributed by atoms with Gasteiger partial charge in [0.05, 0.1) is 12.1 Å². The van der Waals surface area contributed by atoms with E-state index in [2.05, 4.69) is 9.88 Å². The standard InChI is InChI=1S/C18H21N3O3/c1-13-9-10-14(20(13)2)12-19-17(22)8-5-11-21-15-6-3-4-7-16(15)24-18(21)23/h3-4,6-7,9-10H,5,8,11-12H2,1-2H3,(H,19,22). The van der Waals surface area contributed by atoms with Gasteiger partial charge in [0.1, 0.15) is 0 Å². The third-order valence-corrected chi connectivity index (χ3v) is 4.30. The van der Waals surface area contributed by atoms with E-state index in [1.165, 1.54) is 0 Å². The number of nitrogens with one attached hydrogen (secondary N) is 1. The highest BCUT2D eigenvalue weighted by molar-refractivity contribution is 5.76. The maximum absolute atomic E-state index is 12.0. The van der Waals surface area contributed by atoms with E-state index in [0.29, 0.717) is 31.5 Å². The number of aryl methyl sites for hydroxylation is 2. The first-order chi connectivity index (χ1) is 11.6. The zero-order chi connectivity index (χ0) is 17.1. The predicted molar refractivity (Wildman–Crippen MR) is 91.7 cm³/mol. The van der Waals surface area contributed by atoms with Gasteiger partial charge in [0.15, 0.2) is 5.58 Å². The largest absolute Gasteiger partial charge is 0.419 e. The third-order valence-electron chi connectivity index (χ3n) is 4.30. The van der Waals surface area contributed by atoms with Gasteiger partial charge in [-0.2, -0.15) is 0 Å². The summed E-state index contributed by atoms with van der Waals surface area (Å²) < 4.78 is 8.81. The lowest BCUT2D eigenvalue weighted by molar-refractivity contribution is -0.121. The number of hydrogen-bond acceptors (Lipinski definition) is 3. The van der Waals surface area contributed by atoms with Gasteiger partial charge in [-0.25, -0.2) is 4.79 Å². The van der Waals surface area contributed by atoms with Crippen molar-refractivity contribution in [1.82, 2.24) is 14.5 Å². The summed E-state index contributed by atoms with van der Waals surface area (Å²) in [7, 11) is 1.98. The number of nitrogens with zero attached hydrogens (tertiary/aromatic N) is 2. The van der Waals surface area contributed by atoms with Crippen molar-refractivity contribution in [3.05, 3.63) is 58.3 Å². The zero-order valence-corrected chi connectivity index (χ0v) is 13.9. The molecule has 6 heteroatoms.